The first-order valence-corrected chi connectivity index (χ1v) is 21.0. The summed E-state index contributed by atoms with van der Waals surface area (Å²) in [5, 5.41) is 13.3. The van der Waals surface area contributed by atoms with Gasteiger partial charge in [0.05, 0.1) is 11.2 Å². The molecule has 0 radical (unpaired) electrons. The molecule has 0 amide bonds. The Hall–Kier alpha value is -8.07. The highest BCUT2D eigenvalue weighted by atomic mass is 15.2. The molecule has 0 aliphatic rings. The molecule has 0 N–H and O–H groups in total. The zero-order chi connectivity index (χ0) is 40.3. The Morgan fingerprint density at radius 3 is 1.57 bits per heavy atom. The van der Waals surface area contributed by atoms with Crippen LogP contribution in [0.25, 0.3) is 98.1 Å². The van der Waals surface area contributed by atoms with Crippen LogP contribution >= 0.6 is 0 Å². The van der Waals surface area contributed by atoms with Gasteiger partial charge in [0.1, 0.15) is 5.82 Å². The summed E-state index contributed by atoms with van der Waals surface area (Å²) in [6, 6.07) is 83.8. The molecule has 0 unspecified atom stereocenters. The van der Waals surface area contributed by atoms with Crippen LogP contribution in [0.1, 0.15) is 0 Å². The number of para-hydroxylation sites is 1. The lowest BCUT2D eigenvalue weighted by molar-refractivity contribution is 1.22. The molecule has 61 heavy (non-hydrogen) atoms. The summed E-state index contributed by atoms with van der Waals surface area (Å²) in [5.74, 6) is 0.867. The molecule has 2 heteroatoms. The molecule has 0 bridgehead atoms. The first-order valence-electron chi connectivity index (χ1n) is 21.0. The van der Waals surface area contributed by atoms with Gasteiger partial charge in [-0.05, 0) is 124 Å². The van der Waals surface area contributed by atoms with Crippen molar-refractivity contribution in [3.8, 4) is 33.4 Å². The van der Waals surface area contributed by atoms with E-state index in [0.29, 0.717) is 0 Å². The summed E-state index contributed by atoms with van der Waals surface area (Å²) in [4.78, 5) is 7.75. The molecule has 0 saturated heterocycles. The summed E-state index contributed by atoms with van der Waals surface area (Å²) in [6.07, 6.45) is 0. The minimum Gasteiger partial charge on any atom is -0.294 e. The van der Waals surface area contributed by atoms with Crippen LogP contribution in [0.2, 0.25) is 0 Å². The van der Waals surface area contributed by atoms with Crippen molar-refractivity contribution < 1.29 is 0 Å². The number of benzene rings is 11. The fourth-order valence-electron chi connectivity index (χ4n) is 9.67. The highest BCUT2D eigenvalue weighted by Crippen LogP contribution is 2.50. The van der Waals surface area contributed by atoms with Gasteiger partial charge in [-0.3, -0.25) is 4.90 Å². The first kappa shape index (κ1) is 34.9. The van der Waals surface area contributed by atoms with Gasteiger partial charge in [0.15, 0.2) is 0 Å². The van der Waals surface area contributed by atoms with Gasteiger partial charge in [0.25, 0.3) is 0 Å². The lowest BCUT2D eigenvalue weighted by atomic mass is 9.81. The second-order valence-electron chi connectivity index (χ2n) is 15.8. The number of hydrogen-bond acceptors (Lipinski definition) is 2. The minimum atomic E-state index is 0.867. The Labute approximate surface area is 354 Å². The van der Waals surface area contributed by atoms with E-state index in [0.717, 1.165) is 28.1 Å². The van der Waals surface area contributed by atoms with Crippen LogP contribution in [-0.4, -0.2) is 4.98 Å². The fraction of sp³-hybridized carbons (Fsp3) is 0. The number of pyridine rings is 1. The summed E-state index contributed by atoms with van der Waals surface area (Å²) < 4.78 is 0. The van der Waals surface area contributed by atoms with Gasteiger partial charge < -0.3 is 0 Å². The van der Waals surface area contributed by atoms with Crippen molar-refractivity contribution in [3.63, 3.8) is 0 Å². The lowest BCUT2D eigenvalue weighted by Crippen LogP contribution is -2.12. The van der Waals surface area contributed by atoms with Crippen molar-refractivity contribution in [2.75, 3.05) is 4.90 Å². The second-order valence-corrected chi connectivity index (χ2v) is 15.8. The van der Waals surface area contributed by atoms with E-state index in [1.807, 2.05) is 0 Å². The van der Waals surface area contributed by atoms with Gasteiger partial charge in [-0.1, -0.05) is 188 Å². The Kier molecular flexibility index (Phi) is 8.21. The van der Waals surface area contributed by atoms with Crippen LogP contribution in [0.4, 0.5) is 17.2 Å². The molecular formula is C59H38N2. The van der Waals surface area contributed by atoms with Crippen LogP contribution in [0.3, 0.4) is 0 Å². The first-order chi connectivity index (χ1) is 30.3. The van der Waals surface area contributed by atoms with E-state index in [2.05, 4.69) is 235 Å². The smallest absolute Gasteiger partial charge is 0.138 e. The zero-order valence-electron chi connectivity index (χ0n) is 33.3. The third-order valence-corrected chi connectivity index (χ3v) is 12.4. The van der Waals surface area contributed by atoms with Gasteiger partial charge in [0.2, 0.25) is 0 Å². The average Bonchev–Trinajstić information content (AvgIpc) is 3.34. The molecule has 0 aliphatic heterocycles. The SMILES string of the molecule is c1ccc(-c2cc(-c3ccccc3)c3c4ccccc4c4cc(N(c5ccc6ccccc6n5)c5cc6ccccc6c6ccccc56)ccc4c3c2-c2ccccc2)cc1. The standard InChI is InChI=1S/C59H38N2/c1-4-18-39(19-5-1)51-38-52(40-20-6-2-7-21-40)58-49-30-16-14-28-47(49)53-37-44(33-34-50(53)59(58)57(51)42-23-8-3-9-24-42)61(56-35-32-41-22-11-17-31-54(41)60-56)55-36-43-25-10-12-26-45(43)46-27-13-15-29-48(46)55/h1-38H. The molecule has 12 rings (SSSR count). The number of fused-ring (bicyclic) bond motifs is 10. The molecule has 12 aromatic rings. The maximum Gasteiger partial charge on any atom is 0.138 e. The van der Waals surface area contributed by atoms with Gasteiger partial charge >= 0.3 is 0 Å². The van der Waals surface area contributed by atoms with Crippen LogP contribution < -0.4 is 4.90 Å². The molecule has 1 heterocycles. The fourth-order valence-corrected chi connectivity index (χ4v) is 9.67. The van der Waals surface area contributed by atoms with Gasteiger partial charge in [-0.25, -0.2) is 4.98 Å². The van der Waals surface area contributed by atoms with E-state index in [1.54, 1.807) is 0 Å². The monoisotopic (exact) mass is 774 g/mol. The van der Waals surface area contributed by atoms with E-state index < -0.39 is 0 Å². The molecule has 11 aromatic carbocycles. The molecule has 0 saturated carbocycles. The molecule has 0 atom stereocenters. The highest BCUT2D eigenvalue weighted by Gasteiger charge is 2.24. The molecule has 1 aromatic heterocycles. The van der Waals surface area contributed by atoms with E-state index in [4.69, 9.17) is 4.98 Å². The maximum atomic E-state index is 5.38. The maximum absolute atomic E-state index is 5.38. The van der Waals surface area contributed by atoms with Gasteiger partial charge in [-0.2, -0.15) is 0 Å². The molecular weight excluding hydrogens is 737 g/mol. The number of hydrogen-bond donors (Lipinski definition) is 0. The van der Waals surface area contributed by atoms with Crippen LogP contribution in [0.15, 0.2) is 231 Å². The number of aromatic nitrogens is 1. The van der Waals surface area contributed by atoms with Crippen LogP contribution in [0.5, 0.6) is 0 Å². The van der Waals surface area contributed by atoms with Crippen molar-refractivity contribution in [3.05, 3.63) is 231 Å². The van der Waals surface area contributed by atoms with Crippen molar-refractivity contribution in [2.45, 2.75) is 0 Å². The summed E-state index contributed by atoms with van der Waals surface area (Å²) in [6.45, 7) is 0. The lowest BCUT2D eigenvalue weighted by Gasteiger charge is -2.28. The predicted octanol–water partition coefficient (Wildman–Crippen LogP) is 16.5. The van der Waals surface area contributed by atoms with Crippen molar-refractivity contribution >= 4 is 82.0 Å². The number of rotatable bonds is 6. The van der Waals surface area contributed by atoms with Crippen molar-refractivity contribution in [1.29, 1.82) is 0 Å². The molecule has 0 fully saturated rings. The second kappa shape index (κ2) is 14.3. The zero-order valence-corrected chi connectivity index (χ0v) is 33.3. The quantitative estimate of drug-likeness (QED) is 0.156. The summed E-state index contributed by atoms with van der Waals surface area (Å²) >= 11 is 0. The van der Waals surface area contributed by atoms with Crippen LogP contribution in [-0.2, 0) is 0 Å². The Balaban J connectivity index is 1.24. The summed E-state index contributed by atoms with van der Waals surface area (Å²) in [7, 11) is 0. The largest absolute Gasteiger partial charge is 0.294 e. The third-order valence-electron chi connectivity index (χ3n) is 12.4. The molecule has 0 spiro atoms. The summed E-state index contributed by atoms with van der Waals surface area (Å²) in [5.41, 5.74) is 10.3. The normalized spacial score (nSPS) is 11.6. The molecule has 284 valence electrons. The Morgan fingerprint density at radius 2 is 0.852 bits per heavy atom. The average molecular weight is 775 g/mol. The minimum absolute atomic E-state index is 0.867. The molecule has 2 nitrogen and oxygen atoms in total. The van der Waals surface area contributed by atoms with Crippen molar-refractivity contribution in [1.82, 2.24) is 4.98 Å². The van der Waals surface area contributed by atoms with E-state index in [9.17, 15) is 0 Å². The Morgan fingerprint density at radius 1 is 0.311 bits per heavy atom. The van der Waals surface area contributed by atoms with E-state index in [1.165, 1.54) is 87.2 Å². The Bertz CT molecular complexity index is 3630. The highest BCUT2D eigenvalue weighted by molar-refractivity contribution is 6.33. The van der Waals surface area contributed by atoms with Crippen molar-refractivity contribution in [2.24, 2.45) is 0 Å². The molecule has 0 aliphatic carbocycles. The third kappa shape index (κ3) is 5.76. The van der Waals surface area contributed by atoms with Gasteiger partial charge in [0, 0.05) is 16.5 Å². The number of nitrogens with zero attached hydrogens (tertiary/aromatic N) is 2. The predicted molar refractivity (Wildman–Crippen MR) is 260 cm³/mol. The van der Waals surface area contributed by atoms with Crippen LogP contribution in [0, 0.1) is 0 Å². The van der Waals surface area contributed by atoms with E-state index >= 15 is 0 Å². The number of anilines is 3. The topological polar surface area (TPSA) is 16.1 Å². The van der Waals surface area contributed by atoms with Gasteiger partial charge in [-0.15, -0.1) is 0 Å². The van der Waals surface area contributed by atoms with E-state index in [-0.39, 0.29) is 0 Å².